The number of alkyl halides is 6. The third-order valence-electron chi connectivity index (χ3n) is 2.29. The topological polar surface area (TPSA) is 38.7 Å². The zero-order valence-electron chi connectivity index (χ0n) is 9.50. The van der Waals surface area contributed by atoms with Crippen molar-refractivity contribution in [2.45, 2.75) is 12.4 Å². The third-order valence-corrected chi connectivity index (χ3v) is 2.29. The highest BCUT2D eigenvalue weighted by Gasteiger charge is 2.34. The number of hydrogen-bond acceptors (Lipinski definition) is 3. The van der Waals surface area contributed by atoms with Gasteiger partial charge in [-0.3, -0.25) is 4.98 Å². The molecule has 0 saturated heterocycles. The highest BCUT2D eigenvalue weighted by atomic mass is 19.4. The summed E-state index contributed by atoms with van der Waals surface area (Å²) < 4.78 is 74.2. The predicted octanol–water partition coefficient (Wildman–Crippen LogP) is 3.58. The second-order valence-corrected chi connectivity index (χ2v) is 3.72. The minimum absolute atomic E-state index is 0.0379. The largest absolute Gasteiger partial charge is 0.451 e. The molecule has 0 spiro atoms. The van der Waals surface area contributed by atoms with E-state index in [1.165, 1.54) is 0 Å². The van der Waals surface area contributed by atoms with E-state index in [0.717, 1.165) is 24.7 Å². The van der Waals surface area contributed by atoms with Crippen molar-refractivity contribution < 1.29 is 26.3 Å². The first-order valence-corrected chi connectivity index (χ1v) is 5.11. The average molecular weight is 293 g/mol. The van der Waals surface area contributed by atoms with Gasteiger partial charge in [-0.1, -0.05) is 0 Å². The molecule has 2 aromatic rings. The van der Waals surface area contributed by atoms with Crippen molar-refractivity contribution in [1.29, 1.82) is 0 Å². The Morgan fingerprint density at radius 3 is 1.90 bits per heavy atom. The molecule has 0 unspecified atom stereocenters. The van der Waals surface area contributed by atoms with Crippen molar-refractivity contribution in [2.24, 2.45) is 0 Å². The number of aromatic nitrogens is 3. The van der Waals surface area contributed by atoms with Crippen molar-refractivity contribution in [1.82, 2.24) is 15.0 Å². The Kier molecular flexibility index (Phi) is 3.36. The Bertz CT molecular complexity index is 603. The van der Waals surface area contributed by atoms with Gasteiger partial charge in [-0.15, -0.1) is 0 Å². The van der Waals surface area contributed by atoms with Gasteiger partial charge >= 0.3 is 12.4 Å². The van der Waals surface area contributed by atoms with E-state index in [0.29, 0.717) is 6.07 Å². The van der Waals surface area contributed by atoms with Crippen molar-refractivity contribution in [3.8, 4) is 11.3 Å². The van der Waals surface area contributed by atoms with Crippen LogP contribution in [0.25, 0.3) is 11.3 Å². The van der Waals surface area contributed by atoms with Crippen LogP contribution in [0.3, 0.4) is 0 Å². The van der Waals surface area contributed by atoms with Crippen LogP contribution in [0, 0.1) is 0 Å². The molecule has 20 heavy (non-hydrogen) atoms. The van der Waals surface area contributed by atoms with E-state index in [2.05, 4.69) is 15.0 Å². The predicted molar refractivity (Wildman–Crippen MR) is 55.3 cm³/mol. The number of rotatable bonds is 1. The fourth-order valence-corrected chi connectivity index (χ4v) is 1.37. The van der Waals surface area contributed by atoms with Gasteiger partial charge in [0, 0.05) is 24.2 Å². The van der Waals surface area contributed by atoms with Gasteiger partial charge < -0.3 is 0 Å². The molecular weight excluding hydrogens is 288 g/mol. The van der Waals surface area contributed by atoms with Crippen LogP contribution >= 0.6 is 0 Å². The van der Waals surface area contributed by atoms with Gasteiger partial charge in [0.05, 0.1) is 11.3 Å². The number of nitrogens with zero attached hydrogens (tertiary/aromatic N) is 3. The minimum atomic E-state index is -4.71. The maximum atomic E-state index is 12.5. The van der Waals surface area contributed by atoms with E-state index in [1.54, 1.807) is 0 Å². The number of hydrogen-bond donors (Lipinski definition) is 0. The smallest absolute Gasteiger partial charge is 0.256 e. The summed E-state index contributed by atoms with van der Waals surface area (Å²) in [6.45, 7) is 0. The lowest BCUT2D eigenvalue weighted by molar-refractivity contribution is -0.145. The molecule has 0 amide bonds. The Morgan fingerprint density at radius 1 is 0.800 bits per heavy atom. The van der Waals surface area contributed by atoms with Gasteiger partial charge in [-0.05, 0) is 12.1 Å². The summed E-state index contributed by atoms with van der Waals surface area (Å²) in [7, 11) is 0. The van der Waals surface area contributed by atoms with Gasteiger partial charge in [0.2, 0.25) is 5.82 Å². The van der Waals surface area contributed by atoms with Crippen molar-refractivity contribution >= 4 is 0 Å². The Balaban J connectivity index is 2.38. The van der Waals surface area contributed by atoms with E-state index in [4.69, 9.17) is 0 Å². The van der Waals surface area contributed by atoms with Gasteiger partial charge in [0.15, 0.2) is 0 Å². The molecule has 0 aromatic carbocycles. The summed E-state index contributed by atoms with van der Waals surface area (Å²) >= 11 is 0. The molecule has 106 valence electrons. The van der Waals surface area contributed by atoms with Crippen LogP contribution in [0.4, 0.5) is 26.3 Å². The van der Waals surface area contributed by atoms with Crippen LogP contribution < -0.4 is 0 Å². The summed E-state index contributed by atoms with van der Waals surface area (Å²) in [5.41, 5.74) is -1.15. The quantitative estimate of drug-likeness (QED) is 0.754. The first-order valence-electron chi connectivity index (χ1n) is 5.11. The molecule has 0 radical (unpaired) electrons. The van der Waals surface area contributed by atoms with Crippen LogP contribution in [-0.2, 0) is 12.4 Å². The highest BCUT2D eigenvalue weighted by Crippen LogP contribution is 2.31. The molecule has 0 fully saturated rings. The van der Waals surface area contributed by atoms with E-state index in [-0.39, 0.29) is 11.3 Å². The second kappa shape index (κ2) is 4.73. The highest BCUT2D eigenvalue weighted by molar-refractivity contribution is 5.57. The zero-order chi connectivity index (χ0) is 15.0. The first kappa shape index (κ1) is 14.2. The molecule has 3 nitrogen and oxygen atoms in total. The standard InChI is InChI=1S/C11H5F6N3/c12-10(13,14)7-1-2-18-8(3-7)6-4-19-9(20-5-6)11(15,16)17/h1-5H. The maximum absolute atomic E-state index is 12.5. The lowest BCUT2D eigenvalue weighted by Crippen LogP contribution is -2.10. The molecule has 0 aliphatic heterocycles. The van der Waals surface area contributed by atoms with Crippen molar-refractivity contribution in [2.75, 3.05) is 0 Å². The lowest BCUT2D eigenvalue weighted by atomic mass is 10.1. The average Bonchev–Trinajstić information content (AvgIpc) is 2.37. The minimum Gasteiger partial charge on any atom is -0.256 e. The van der Waals surface area contributed by atoms with Crippen LogP contribution in [0.1, 0.15) is 11.4 Å². The summed E-state index contributed by atoms with van der Waals surface area (Å²) in [6, 6.07) is 1.47. The third kappa shape index (κ3) is 3.03. The summed E-state index contributed by atoms with van der Waals surface area (Å²) in [5.74, 6) is -1.37. The fourth-order valence-electron chi connectivity index (χ4n) is 1.37. The molecule has 0 N–H and O–H groups in total. The van der Waals surface area contributed by atoms with Crippen LogP contribution in [0.15, 0.2) is 30.7 Å². The monoisotopic (exact) mass is 293 g/mol. The Hall–Kier alpha value is -2.19. The molecule has 0 saturated carbocycles. The Labute approximate surface area is 108 Å². The molecule has 9 heteroatoms. The van der Waals surface area contributed by atoms with Gasteiger partial charge in [-0.2, -0.15) is 26.3 Å². The van der Waals surface area contributed by atoms with Crippen molar-refractivity contribution in [3.05, 3.63) is 42.1 Å². The molecule has 0 aliphatic carbocycles. The fraction of sp³-hybridized carbons (Fsp3) is 0.182. The molecule has 0 atom stereocenters. The molecule has 2 heterocycles. The Morgan fingerprint density at radius 2 is 1.40 bits per heavy atom. The van der Waals surface area contributed by atoms with E-state index >= 15 is 0 Å². The lowest BCUT2D eigenvalue weighted by Gasteiger charge is -2.08. The van der Waals surface area contributed by atoms with Crippen LogP contribution in [-0.4, -0.2) is 15.0 Å². The van der Waals surface area contributed by atoms with Gasteiger partial charge in [-0.25, -0.2) is 9.97 Å². The SMILES string of the molecule is FC(F)(F)c1ccnc(-c2cnc(C(F)(F)F)nc2)c1. The first-order chi connectivity index (χ1) is 9.18. The number of pyridine rings is 1. The van der Waals surface area contributed by atoms with E-state index in [1.807, 2.05) is 0 Å². The summed E-state index contributed by atoms with van der Waals surface area (Å²) in [6.07, 6.45) is -6.81. The summed E-state index contributed by atoms with van der Waals surface area (Å²) in [5, 5.41) is 0. The van der Waals surface area contributed by atoms with E-state index < -0.39 is 23.7 Å². The van der Waals surface area contributed by atoms with Crippen LogP contribution in [0.2, 0.25) is 0 Å². The molecule has 2 rings (SSSR count). The molecule has 0 aliphatic rings. The van der Waals surface area contributed by atoms with Crippen LogP contribution in [0.5, 0.6) is 0 Å². The van der Waals surface area contributed by atoms with Gasteiger partial charge in [0.1, 0.15) is 0 Å². The zero-order valence-corrected chi connectivity index (χ0v) is 9.50. The number of halogens is 6. The molecular formula is C11H5F6N3. The van der Waals surface area contributed by atoms with Gasteiger partial charge in [0.25, 0.3) is 0 Å². The summed E-state index contributed by atoms with van der Waals surface area (Å²) in [4.78, 5) is 9.78. The van der Waals surface area contributed by atoms with E-state index in [9.17, 15) is 26.3 Å². The second-order valence-electron chi connectivity index (χ2n) is 3.72. The maximum Gasteiger partial charge on any atom is 0.451 e. The molecule has 0 bridgehead atoms. The molecule has 2 aromatic heterocycles. The van der Waals surface area contributed by atoms with Crippen molar-refractivity contribution in [3.63, 3.8) is 0 Å². The normalized spacial score (nSPS) is 12.5.